The standard InChI is InChI=1S/C12H19N5OS/c1-8(2)18-10-11(13)16-19-12(10)14-6-4-9-5-7-17(3)15-9/h5,7-8,14H,4,6H2,1-3H3,(H2,13,16). The van der Waals surface area contributed by atoms with E-state index in [9.17, 15) is 0 Å². The van der Waals surface area contributed by atoms with Crippen molar-refractivity contribution in [2.75, 3.05) is 17.6 Å². The lowest BCUT2D eigenvalue weighted by molar-refractivity contribution is 0.245. The maximum Gasteiger partial charge on any atom is 0.197 e. The quantitative estimate of drug-likeness (QED) is 0.845. The summed E-state index contributed by atoms with van der Waals surface area (Å²) in [7, 11) is 1.91. The molecular formula is C12H19N5OS. The van der Waals surface area contributed by atoms with Gasteiger partial charge < -0.3 is 15.8 Å². The number of nitrogen functional groups attached to an aromatic ring is 1. The zero-order valence-corrected chi connectivity index (χ0v) is 12.2. The Morgan fingerprint density at radius 2 is 2.32 bits per heavy atom. The molecule has 2 aromatic rings. The molecule has 0 aliphatic heterocycles. The Kier molecular flexibility index (Phi) is 4.26. The number of nitrogens with one attached hydrogen (secondary N) is 1. The van der Waals surface area contributed by atoms with E-state index in [1.54, 1.807) is 4.68 Å². The second-order valence-corrected chi connectivity index (χ2v) is 5.32. The summed E-state index contributed by atoms with van der Waals surface area (Å²) in [5.41, 5.74) is 6.85. The maximum absolute atomic E-state index is 5.79. The van der Waals surface area contributed by atoms with E-state index in [1.165, 1.54) is 11.5 Å². The molecule has 104 valence electrons. The zero-order chi connectivity index (χ0) is 13.8. The van der Waals surface area contributed by atoms with E-state index >= 15 is 0 Å². The van der Waals surface area contributed by atoms with Crippen LogP contribution in [0, 0.1) is 0 Å². The van der Waals surface area contributed by atoms with Crippen LogP contribution in [-0.4, -0.2) is 26.8 Å². The summed E-state index contributed by atoms with van der Waals surface area (Å²) in [4.78, 5) is 0. The Bertz CT molecular complexity index is 534. The molecule has 0 radical (unpaired) electrons. The van der Waals surface area contributed by atoms with Gasteiger partial charge in [-0.2, -0.15) is 9.47 Å². The van der Waals surface area contributed by atoms with Gasteiger partial charge in [0.15, 0.2) is 16.6 Å². The van der Waals surface area contributed by atoms with E-state index in [1.807, 2.05) is 33.2 Å². The molecule has 3 N–H and O–H groups in total. The second kappa shape index (κ2) is 5.92. The minimum Gasteiger partial charge on any atom is -0.484 e. The van der Waals surface area contributed by atoms with Gasteiger partial charge in [-0.05, 0) is 31.4 Å². The van der Waals surface area contributed by atoms with Crippen LogP contribution in [0.25, 0.3) is 0 Å². The first-order valence-electron chi connectivity index (χ1n) is 6.20. The highest BCUT2D eigenvalue weighted by Gasteiger charge is 2.14. The molecule has 0 atom stereocenters. The summed E-state index contributed by atoms with van der Waals surface area (Å²) >= 11 is 1.32. The van der Waals surface area contributed by atoms with Gasteiger partial charge >= 0.3 is 0 Å². The second-order valence-electron chi connectivity index (χ2n) is 4.55. The highest BCUT2D eigenvalue weighted by atomic mass is 32.1. The fraction of sp³-hybridized carbons (Fsp3) is 0.500. The first kappa shape index (κ1) is 13.7. The molecule has 0 unspecified atom stereocenters. The Balaban J connectivity index is 1.92. The van der Waals surface area contributed by atoms with Gasteiger partial charge in [0, 0.05) is 26.2 Å². The number of aromatic nitrogens is 3. The summed E-state index contributed by atoms with van der Waals surface area (Å²) in [6.45, 7) is 4.71. The number of nitrogens with two attached hydrogens (primary N) is 1. The van der Waals surface area contributed by atoms with Crippen LogP contribution in [0.15, 0.2) is 12.3 Å². The highest BCUT2D eigenvalue weighted by molar-refractivity contribution is 7.11. The molecule has 7 heteroatoms. The Hall–Kier alpha value is -1.76. The number of aryl methyl sites for hydroxylation is 1. The van der Waals surface area contributed by atoms with Crippen molar-refractivity contribution < 1.29 is 4.74 Å². The van der Waals surface area contributed by atoms with Gasteiger partial charge in [-0.25, -0.2) is 0 Å². The summed E-state index contributed by atoms with van der Waals surface area (Å²) in [6, 6.07) is 2.01. The molecule has 0 aromatic carbocycles. The van der Waals surface area contributed by atoms with Crippen molar-refractivity contribution in [1.29, 1.82) is 0 Å². The van der Waals surface area contributed by atoms with Crippen LogP contribution >= 0.6 is 11.5 Å². The minimum absolute atomic E-state index is 0.0787. The van der Waals surface area contributed by atoms with Gasteiger partial charge in [0.25, 0.3) is 0 Å². The van der Waals surface area contributed by atoms with Crippen molar-refractivity contribution in [2.24, 2.45) is 7.05 Å². The van der Waals surface area contributed by atoms with Gasteiger partial charge in [-0.1, -0.05) is 0 Å². The average Bonchev–Trinajstić information content (AvgIpc) is 2.89. The van der Waals surface area contributed by atoms with Gasteiger partial charge in [0.05, 0.1) is 11.8 Å². The minimum atomic E-state index is 0.0787. The molecule has 0 amide bonds. The molecule has 0 spiro atoms. The predicted molar refractivity (Wildman–Crippen MR) is 77.7 cm³/mol. The number of hydrogen-bond acceptors (Lipinski definition) is 6. The van der Waals surface area contributed by atoms with E-state index in [2.05, 4.69) is 14.8 Å². The van der Waals surface area contributed by atoms with Gasteiger partial charge in [0.2, 0.25) is 0 Å². The fourth-order valence-corrected chi connectivity index (χ4v) is 2.33. The summed E-state index contributed by atoms with van der Waals surface area (Å²) < 4.78 is 11.6. The largest absolute Gasteiger partial charge is 0.484 e. The maximum atomic E-state index is 5.79. The molecule has 0 fully saturated rings. The molecule has 2 rings (SSSR count). The Labute approximate surface area is 116 Å². The lowest BCUT2D eigenvalue weighted by Crippen LogP contribution is -2.10. The molecule has 0 aliphatic carbocycles. The van der Waals surface area contributed by atoms with Gasteiger partial charge in [-0.3, -0.25) is 4.68 Å². The smallest absolute Gasteiger partial charge is 0.197 e. The molecule has 6 nitrogen and oxygen atoms in total. The molecule has 19 heavy (non-hydrogen) atoms. The molecule has 0 aliphatic rings. The zero-order valence-electron chi connectivity index (χ0n) is 11.4. The van der Waals surface area contributed by atoms with E-state index in [0.29, 0.717) is 11.6 Å². The Morgan fingerprint density at radius 1 is 1.53 bits per heavy atom. The molecule has 0 bridgehead atoms. The molecule has 2 aromatic heterocycles. The summed E-state index contributed by atoms with van der Waals surface area (Å²) in [5, 5.41) is 8.50. The number of hydrogen-bond donors (Lipinski definition) is 2. The number of nitrogens with zero attached hydrogens (tertiary/aromatic N) is 3. The van der Waals surface area contributed by atoms with Crippen molar-refractivity contribution in [3.63, 3.8) is 0 Å². The Morgan fingerprint density at radius 3 is 2.95 bits per heavy atom. The normalized spacial score (nSPS) is 10.9. The third-order valence-electron chi connectivity index (χ3n) is 2.46. The third-order valence-corrected chi connectivity index (χ3v) is 3.26. The van der Waals surface area contributed by atoms with Crippen LogP contribution in [0.4, 0.5) is 10.8 Å². The van der Waals surface area contributed by atoms with Gasteiger partial charge in [0.1, 0.15) is 0 Å². The van der Waals surface area contributed by atoms with E-state index < -0.39 is 0 Å². The van der Waals surface area contributed by atoms with Crippen molar-refractivity contribution >= 4 is 22.4 Å². The van der Waals surface area contributed by atoms with Gasteiger partial charge in [-0.15, -0.1) is 0 Å². The first-order valence-corrected chi connectivity index (χ1v) is 6.98. The number of ether oxygens (including phenoxy) is 1. The van der Waals surface area contributed by atoms with E-state index in [0.717, 1.165) is 23.7 Å². The van der Waals surface area contributed by atoms with Crippen LogP contribution < -0.4 is 15.8 Å². The number of anilines is 2. The third kappa shape index (κ3) is 3.60. The van der Waals surface area contributed by atoms with E-state index in [4.69, 9.17) is 10.5 Å². The van der Waals surface area contributed by atoms with Crippen molar-refractivity contribution in [3.05, 3.63) is 18.0 Å². The fourth-order valence-electron chi connectivity index (χ4n) is 1.66. The topological polar surface area (TPSA) is 78.0 Å². The monoisotopic (exact) mass is 281 g/mol. The number of rotatable bonds is 6. The molecule has 0 saturated carbocycles. The average molecular weight is 281 g/mol. The van der Waals surface area contributed by atoms with Crippen LogP contribution in [0.3, 0.4) is 0 Å². The van der Waals surface area contributed by atoms with Crippen LogP contribution in [0.2, 0.25) is 0 Å². The predicted octanol–water partition coefficient (Wildman–Crippen LogP) is 1.90. The van der Waals surface area contributed by atoms with Crippen LogP contribution in [-0.2, 0) is 13.5 Å². The molecular weight excluding hydrogens is 262 g/mol. The van der Waals surface area contributed by atoms with E-state index in [-0.39, 0.29) is 6.10 Å². The first-order chi connectivity index (χ1) is 9.06. The lowest BCUT2D eigenvalue weighted by atomic mass is 10.3. The van der Waals surface area contributed by atoms with Crippen molar-refractivity contribution in [2.45, 2.75) is 26.4 Å². The van der Waals surface area contributed by atoms with Crippen molar-refractivity contribution in [3.8, 4) is 5.75 Å². The summed E-state index contributed by atoms with van der Waals surface area (Å²) in [6.07, 6.45) is 2.86. The molecule has 2 heterocycles. The van der Waals surface area contributed by atoms with Crippen molar-refractivity contribution in [1.82, 2.24) is 14.2 Å². The summed E-state index contributed by atoms with van der Waals surface area (Å²) in [5.74, 6) is 1.10. The molecule has 0 saturated heterocycles. The highest BCUT2D eigenvalue weighted by Crippen LogP contribution is 2.35. The lowest BCUT2D eigenvalue weighted by Gasteiger charge is -2.11. The van der Waals surface area contributed by atoms with Crippen LogP contribution in [0.5, 0.6) is 5.75 Å². The van der Waals surface area contributed by atoms with Crippen LogP contribution in [0.1, 0.15) is 19.5 Å². The SMILES string of the molecule is CC(C)Oc1c(N)nsc1NCCc1ccn(C)n1.